The lowest BCUT2D eigenvalue weighted by molar-refractivity contribution is 0.250. The summed E-state index contributed by atoms with van der Waals surface area (Å²) in [4.78, 5) is 22.7. The Morgan fingerprint density at radius 1 is 1.04 bits per heavy atom. The van der Waals surface area contributed by atoms with E-state index >= 15 is 0 Å². The largest absolute Gasteiger partial charge is 0.367 e. The maximum absolute atomic E-state index is 13.6. The summed E-state index contributed by atoms with van der Waals surface area (Å²) in [6.45, 7) is 4.39. The number of hydrogen-bond acceptors (Lipinski definition) is 4. The SMILES string of the molecule is Cn1c(-c2cccc(F)c2)nc2ccc(N3CCN4CCC3CC4)cc2c1=O. The van der Waals surface area contributed by atoms with Crippen LogP contribution in [0.15, 0.2) is 47.3 Å². The zero-order valence-electron chi connectivity index (χ0n) is 15.9. The van der Waals surface area contributed by atoms with E-state index in [-0.39, 0.29) is 11.4 Å². The predicted molar refractivity (Wildman–Crippen MR) is 109 cm³/mol. The van der Waals surface area contributed by atoms with Crippen molar-refractivity contribution in [1.82, 2.24) is 14.5 Å². The average molecular weight is 378 g/mol. The van der Waals surface area contributed by atoms with Crippen LogP contribution in [0.25, 0.3) is 22.3 Å². The summed E-state index contributed by atoms with van der Waals surface area (Å²) in [5.41, 5.74) is 2.24. The molecule has 2 aromatic carbocycles. The molecule has 3 aliphatic rings. The van der Waals surface area contributed by atoms with Gasteiger partial charge in [-0.05, 0) is 43.2 Å². The number of nitrogens with zero attached hydrogens (tertiary/aromatic N) is 4. The Morgan fingerprint density at radius 3 is 2.64 bits per heavy atom. The number of hydrogen-bond donors (Lipinski definition) is 0. The van der Waals surface area contributed by atoms with Crippen molar-refractivity contribution in [2.75, 3.05) is 31.1 Å². The van der Waals surface area contributed by atoms with E-state index in [0.717, 1.165) is 31.9 Å². The highest BCUT2D eigenvalue weighted by Crippen LogP contribution is 2.29. The molecular formula is C22H23FN4O. The molecule has 3 aromatic rings. The van der Waals surface area contributed by atoms with Gasteiger partial charge in [0.15, 0.2) is 0 Å². The van der Waals surface area contributed by atoms with Gasteiger partial charge in [0, 0.05) is 50.5 Å². The van der Waals surface area contributed by atoms with Gasteiger partial charge in [-0.2, -0.15) is 0 Å². The van der Waals surface area contributed by atoms with Crippen molar-refractivity contribution in [2.45, 2.75) is 18.9 Å². The van der Waals surface area contributed by atoms with Crippen molar-refractivity contribution in [2.24, 2.45) is 7.05 Å². The monoisotopic (exact) mass is 378 g/mol. The number of anilines is 1. The predicted octanol–water partition coefficient (Wildman–Crippen LogP) is 3.02. The van der Waals surface area contributed by atoms with Crippen molar-refractivity contribution in [3.8, 4) is 11.4 Å². The van der Waals surface area contributed by atoms with Gasteiger partial charge < -0.3 is 9.80 Å². The third-order valence-corrected chi connectivity index (χ3v) is 6.13. The van der Waals surface area contributed by atoms with Crippen molar-refractivity contribution in [3.63, 3.8) is 0 Å². The van der Waals surface area contributed by atoms with E-state index in [1.165, 1.54) is 29.5 Å². The Bertz CT molecular complexity index is 1100. The van der Waals surface area contributed by atoms with E-state index in [1.54, 1.807) is 19.2 Å². The van der Waals surface area contributed by atoms with Gasteiger partial charge in [0.05, 0.1) is 10.9 Å². The molecule has 28 heavy (non-hydrogen) atoms. The van der Waals surface area contributed by atoms with Crippen LogP contribution in [-0.2, 0) is 7.05 Å². The molecule has 0 atom stereocenters. The van der Waals surface area contributed by atoms with E-state index in [2.05, 4.69) is 20.9 Å². The van der Waals surface area contributed by atoms with Crippen molar-refractivity contribution >= 4 is 16.6 Å². The summed E-state index contributed by atoms with van der Waals surface area (Å²) in [5.74, 6) is 0.139. The summed E-state index contributed by atoms with van der Waals surface area (Å²) in [6, 6.07) is 12.7. The second-order valence-electron chi connectivity index (χ2n) is 7.78. The Kier molecular flexibility index (Phi) is 4.16. The molecule has 0 amide bonds. The van der Waals surface area contributed by atoms with Crippen molar-refractivity contribution in [1.29, 1.82) is 0 Å². The second-order valence-corrected chi connectivity index (χ2v) is 7.78. The summed E-state index contributed by atoms with van der Waals surface area (Å²) in [6.07, 6.45) is 2.35. The molecule has 0 saturated carbocycles. The van der Waals surface area contributed by atoms with Crippen LogP contribution in [0.5, 0.6) is 0 Å². The third kappa shape index (κ3) is 2.88. The van der Waals surface area contributed by atoms with Crippen LogP contribution < -0.4 is 10.5 Å². The zero-order chi connectivity index (χ0) is 19.3. The van der Waals surface area contributed by atoms with E-state index in [9.17, 15) is 9.18 Å². The quantitative estimate of drug-likeness (QED) is 0.687. The van der Waals surface area contributed by atoms with Crippen LogP contribution in [0.2, 0.25) is 0 Å². The molecular weight excluding hydrogens is 355 g/mol. The smallest absolute Gasteiger partial charge is 0.261 e. The molecule has 3 saturated heterocycles. The maximum atomic E-state index is 13.6. The molecule has 2 bridgehead atoms. The molecule has 0 unspecified atom stereocenters. The van der Waals surface area contributed by atoms with Gasteiger partial charge in [0.2, 0.25) is 0 Å². The van der Waals surface area contributed by atoms with E-state index in [1.807, 2.05) is 12.1 Å². The minimum Gasteiger partial charge on any atom is -0.367 e. The highest BCUT2D eigenvalue weighted by atomic mass is 19.1. The molecule has 6 rings (SSSR count). The van der Waals surface area contributed by atoms with Crippen LogP contribution >= 0.6 is 0 Å². The molecule has 0 radical (unpaired) electrons. The molecule has 4 heterocycles. The van der Waals surface area contributed by atoms with E-state index in [0.29, 0.717) is 28.3 Å². The lowest BCUT2D eigenvalue weighted by Crippen LogP contribution is -2.38. The highest BCUT2D eigenvalue weighted by Gasteiger charge is 2.29. The number of piperidine rings is 1. The van der Waals surface area contributed by atoms with E-state index in [4.69, 9.17) is 0 Å². The van der Waals surface area contributed by atoms with Gasteiger partial charge in [-0.1, -0.05) is 12.1 Å². The zero-order valence-corrected chi connectivity index (χ0v) is 15.9. The van der Waals surface area contributed by atoms with E-state index < -0.39 is 0 Å². The number of rotatable bonds is 2. The normalized spacial score (nSPS) is 21.9. The van der Waals surface area contributed by atoms with Crippen LogP contribution in [-0.4, -0.2) is 46.7 Å². The molecule has 1 aromatic heterocycles. The van der Waals surface area contributed by atoms with Gasteiger partial charge in [-0.15, -0.1) is 0 Å². The molecule has 0 N–H and O–H groups in total. The fourth-order valence-corrected chi connectivity index (χ4v) is 4.55. The molecule has 144 valence electrons. The van der Waals surface area contributed by atoms with Gasteiger partial charge in [-0.25, -0.2) is 9.37 Å². The van der Waals surface area contributed by atoms with Gasteiger partial charge in [0.1, 0.15) is 11.6 Å². The summed E-state index contributed by atoms with van der Waals surface area (Å²) < 4.78 is 15.2. The third-order valence-electron chi connectivity index (χ3n) is 6.13. The first kappa shape index (κ1) is 17.4. The van der Waals surface area contributed by atoms with Crippen LogP contribution in [0.1, 0.15) is 12.8 Å². The van der Waals surface area contributed by atoms with Crippen molar-refractivity contribution < 1.29 is 4.39 Å². The first-order valence-electron chi connectivity index (χ1n) is 9.86. The Morgan fingerprint density at radius 2 is 1.86 bits per heavy atom. The minimum absolute atomic E-state index is 0.103. The number of aromatic nitrogens is 2. The summed E-state index contributed by atoms with van der Waals surface area (Å²) >= 11 is 0. The Hall–Kier alpha value is -2.73. The lowest BCUT2D eigenvalue weighted by atomic mass is 10.0. The van der Waals surface area contributed by atoms with Crippen LogP contribution in [0.3, 0.4) is 0 Å². The standard InChI is InChI=1S/C22H23FN4O/c1-25-21(15-3-2-4-16(23)13-15)24-20-6-5-18(14-19(20)22(25)28)27-12-11-26-9-7-17(27)8-10-26/h2-6,13-14,17H,7-12H2,1H3. The van der Waals surface area contributed by atoms with Crippen LogP contribution in [0, 0.1) is 5.82 Å². The van der Waals surface area contributed by atoms with Gasteiger partial charge in [0.25, 0.3) is 5.56 Å². The number of halogens is 1. The van der Waals surface area contributed by atoms with Gasteiger partial charge >= 0.3 is 0 Å². The first-order chi connectivity index (χ1) is 13.6. The molecule has 5 nitrogen and oxygen atoms in total. The number of fused-ring (bicyclic) bond motifs is 5. The minimum atomic E-state index is -0.339. The topological polar surface area (TPSA) is 41.4 Å². The summed E-state index contributed by atoms with van der Waals surface area (Å²) in [5, 5.41) is 0.610. The van der Waals surface area contributed by atoms with Gasteiger partial charge in [-0.3, -0.25) is 9.36 Å². The Balaban J connectivity index is 1.60. The summed E-state index contributed by atoms with van der Waals surface area (Å²) in [7, 11) is 1.70. The first-order valence-corrected chi connectivity index (χ1v) is 9.86. The average Bonchev–Trinajstić information content (AvgIpc) is 3.04. The van der Waals surface area contributed by atoms with Crippen molar-refractivity contribution in [3.05, 3.63) is 58.6 Å². The Labute approximate surface area is 163 Å². The molecule has 3 aliphatic heterocycles. The fraction of sp³-hybridized carbons (Fsp3) is 0.364. The maximum Gasteiger partial charge on any atom is 0.261 e. The molecule has 0 spiro atoms. The molecule has 3 fully saturated rings. The second kappa shape index (κ2) is 6.71. The molecule has 6 heteroatoms. The lowest BCUT2D eigenvalue weighted by Gasteiger charge is -2.33. The van der Waals surface area contributed by atoms with Crippen LogP contribution in [0.4, 0.5) is 10.1 Å². The molecule has 0 aliphatic carbocycles. The highest BCUT2D eigenvalue weighted by molar-refractivity contribution is 5.83. The number of benzene rings is 2. The fourth-order valence-electron chi connectivity index (χ4n) is 4.55.